The average molecular weight is 196 g/mol. The van der Waals surface area contributed by atoms with Crippen molar-refractivity contribution in [2.45, 2.75) is 51.6 Å². The van der Waals surface area contributed by atoms with E-state index in [9.17, 15) is 4.79 Å². The Kier molecular flexibility index (Phi) is 2.30. The standard InChI is InChI=1S/C11H20N2O/c1-11(2)6-9(11)13-10(14)7-4-3-5-8(7)12/h7-9H,3-6,12H2,1-2H3,(H,13,14). The molecule has 0 aromatic carbocycles. The Balaban J connectivity index is 1.84. The molecule has 2 aliphatic carbocycles. The Bertz CT molecular complexity index is 250. The number of hydrogen-bond donors (Lipinski definition) is 2. The van der Waals surface area contributed by atoms with E-state index in [4.69, 9.17) is 5.73 Å². The van der Waals surface area contributed by atoms with Crippen molar-refractivity contribution >= 4 is 5.91 Å². The first-order chi connectivity index (χ1) is 6.50. The zero-order valence-electron chi connectivity index (χ0n) is 9.05. The molecular weight excluding hydrogens is 176 g/mol. The van der Waals surface area contributed by atoms with Crippen LogP contribution in [-0.2, 0) is 4.79 Å². The number of nitrogens with one attached hydrogen (secondary N) is 1. The van der Waals surface area contributed by atoms with Gasteiger partial charge in [-0.3, -0.25) is 4.79 Å². The van der Waals surface area contributed by atoms with Crippen molar-refractivity contribution in [2.75, 3.05) is 0 Å². The fraction of sp³-hybridized carbons (Fsp3) is 0.909. The molecule has 14 heavy (non-hydrogen) atoms. The van der Waals surface area contributed by atoms with Crippen LogP contribution in [0.25, 0.3) is 0 Å². The highest BCUT2D eigenvalue weighted by Crippen LogP contribution is 2.44. The minimum Gasteiger partial charge on any atom is -0.353 e. The molecule has 0 saturated heterocycles. The summed E-state index contributed by atoms with van der Waals surface area (Å²) in [6.07, 6.45) is 4.19. The minimum atomic E-state index is 0.0754. The molecule has 2 saturated carbocycles. The topological polar surface area (TPSA) is 55.1 Å². The third kappa shape index (κ3) is 1.78. The number of hydrogen-bond acceptors (Lipinski definition) is 2. The lowest BCUT2D eigenvalue weighted by Crippen LogP contribution is -2.40. The SMILES string of the molecule is CC1(C)CC1NC(=O)C1CCCC1N. The van der Waals surface area contributed by atoms with Gasteiger partial charge in [-0.2, -0.15) is 0 Å². The molecular formula is C11H20N2O. The summed E-state index contributed by atoms with van der Waals surface area (Å²) in [6.45, 7) is 4.37. The third-order valence-electron chi connectivity index (χ3n) is 3.74. The summed E-state index contributed by atoms with van der Waals surface area (Å²) in [4.78, 5) is 11.8. The molecule has 3 atom stereocenters. The Morgan fingerprint density at radius 1 is 1.43 bits per heavy atom. The fourth-order valence-corrected chi connectivity index (χ4v) is 2.31. The van der Waals surface area contributed by atoms with E-state index in [2.05, 4.69) is 19.2 Å². The van der Waals surface area contributed by atoms with Crippen molar-refractivity contribution in [1.29, 1.82) is 0 Å². The molecule has 2 rings (SSSR count). The molecule has 0 radical (unpaired) electrons. The summed E-state index contributed by atoms with van der Waals surface area (Å²) in [5.41, 5.74) is 6.20. The van der Waals surface area contributed by atoms with E-state index in [1.165, 1.54) is 0 Å². The minimum absolute atomic E-state index is 0.0754. The van der Waals surface area contributed by atoms with Crippen LogP contribution in [0.4, 0.5) is 0 Å². The second-order valence-corrected chi connectivity index (χ2v) is 5.46. The van der Waals surface area contributed by atoms with Crippen LogP contribution in [0.15, 0.2) is 0 Å². The van der Waals surface area contributed by atoms with E-state index in [0.717, 1.165) is 25.7 Å². The van der Waals surface area contributed by atoms with Crippen LogP contribution in [0.2, 0.25) is 0 Å². The zero-order valence-corrected chi connectivity index (χ0v) is 9.05. The van der Waals surface area contributed by atoms with Gasteiger partial charge in [-0.25, -0.2) is 0 Å². The number of carbonyl (C=O) groups excluding carboxylic acids is 1. The summed E-state index contributed by atoms with van der Waals surface area (Å²) in [6, 6.07) is 0.486. The van der Waals surface area contributed by atoms with Crippen molar-refractivity contribution in [2.24, 2.45) is 17.1 Å². The van der Waals surface area contributed by atoms with E-state index < -0.39 is 0 Å². The van der Waals surface area contributed by atoms with Crippen LogP contribution in [0, 0.1) is 11.3 Å². The summed E-state index contributed by atoms with van der Waals surface area (Å²) >= 11 is 0. The smallest absolute Gasteiger partial charge is 0.224 e. The molecule has 0 aromatic rings. The van der Waals surface area contributed by atoms with Gasteiger partial charge in [0, 0.05) is 12.1 Å². The van der Waals surface area contributed by atoms with Gasteiger partial charge in [0.25, 0.3) is 0 Å². The number of carbonyl (C=O) groups is 1. The molecule has 3 N–H and O–H groups in total. The van der Waals surface area contributed by atoms with E-state index in [1.54, 1.807) is 0 Å². The van der Waals surface area contributed by atoms with Gasteiger partial charge in [0.15, 0.2) is 0 Å². The quantitative estimate of drug-likeness (QED) is 0.693. The predicted molar refractivity (Wildman–Crippen MR) is 55.6 cm³/mol. The normalized spacial score (nSPS) is 39.5. The Labute approximate surface area is 85.4 Å². The van der Waals surface area contributed by atoms with Crippen LogP contribution in [-0.4, -0.2) is 18.0 Å². The molecule has 0 aliphatic heterocycles. The van der Waals surface area contributed by atoms with Crippen molar-refractivity contribution < 1.29 is 4.79 Å². The number of amides is 1. The average Bonchev–Trinajstić information content (AvgIpc) is 2.53. The monoisotopic (exact) mass is 196 g/mol. The summed E-state index contributed by atoms with van der Waals surface area (Å²) in [7, 11) is 0. The molecule has 80 valence electrons. The number of nitrogens with two attached hydrogens (primary N) is 1. The highest BCUT2D eigenvalue weighted by atomic mass is 16.2. The molecule has 0 aromatic heterocycles. The Morgan fingerprint density at radius 3 is 2.50 bits per heavy atom. The molecule has 3 nitrogen and oxygen atoms in total. The lowest BCUT2D eigenvalue weighted by molar-refractivity contribution is -0.125. The van der Waals surface area contributed by atoms with Crippen molar-refractivity contribution in [3.8, 4) is 0 Å². The molecule has 3 unspecified atom stereocenters. The van der Waals surface area contributed by atoms with Crippen LogP contribution in [0.3, 0.4) is 0 Å². The van der Waals surface area contributed by atoms with Crippen LogP contribution < -0.4 is 11.1 Å². The number of rotatable bonds is 2. The summed E-state index contributed by atoms with van der Waals surface area (Å²) in [5, 5.41) is 3.10. The molecule has 2 aliphatic rings. The second kappa shape index (κ2) is 3.23. The molecule has 3 heteroatoms. The van der Waals surface area contributed by atoms with Gasteiger partial charge in [-0.1, -0.05) is 20.3 Å². The first-order valence-electron chi connectivity index (χ1n) is 5.57. The van der Waals surface area contributed by atoms with Crippen molar-refractivity contribution in [3.63, 3.8) is 0 Å². The van der Waals surface area contributed by atoms with Gasteiger partial charge in [0.05, 0.1) is 5.92 Å². The highest BCUT2D eigenvalue weighted by Gasteiger charge is 2.47. The van der Waals surface area contributed by atoms with E-state index in [1.807, 2.05) is 0 Å². The molecule has 0 spiro atoms. The largest absolute Gasteiger partial charge is 0.353 e. The van der Waals surface area contributed by atoms with Crippen molar-refractivity contribution in [1.82, 2.24) is 5.32 Å². The first-order valence-corrected chi connectivity index (χ1v) is 5.57. The molecule has 0 heterocycles. The van der Waals surface area contributed by atoms with Gasteiger partial charge >= 0.3 is 0 Å². The fourth-order valence-electron chi connectivity index (χ4n) is 2.31. The van der Waals surface area contributed by atoms with Crippen LogP contribution in [0.5, 0.6) is 0 Å². The zero-order chi connectivity index (χ0) is 10.3. The second-order valence-electron chi connectivity index (χ2n) is 5.46. The summed E-state index contributed by atoms with van der Waals surface area (Å²) < 4.78 is 0. The van der Waals surface area contributed by atoms with Gasteiger partial charge in [0.1, 0.15) is 0 Å². The molecule has 2 fully saturated rings. The summed E-state index contributed by atoms with van der Waals surface area (Å²) in [5.74, 6) is 0.261. The lowest BCUT2D eigenvalue weighted by Gasteiger charge is -2.15. The van der Waals surface area contributed by atoms with Gasteiger partial charge < -0.3 is 11.1 Å². The van der Waals surface area contributed by atoms with E-state index in [-0.39, 0.29) is 17.9 Å². The molecule has 0 bridgehead atoms. The Hall–Kier alpha value is -0.570. The first kappa shape index (κ1) is 9.97. The maximum Gasteiger partial charge on any atom is 0.224 e. The van der Waals surface area contributed by atoms with Gasteiger partial charge in [0.2, 0.25) is 5.91 Å². The van der Waals surface area contributed by atoms with Crippen LogP contribution in [0.1, 0.15) is 39.5 Å². The Morgan fingerprint density at radius 2 is 2.07 bits per heavy atom. The third-order valence-corrected chi connectivity index (χ3v) is 3.74. The van der Waals surface area contributed by atoms with Crippen LogP contribution >= 0.6 is 0 Å². The van der Waals surface area contributed by atoms with E-state index >= 15 is 0 Å². The lowest BCUT2D eigenvalue weighted by atomic mass is 10.0. The van der Waals surface area contributed by atoms with E-state index in [0.29, 0.717) is 11.5 Å². The molecule has 1 amide bonds. The predicted octanol–water partition coefficient (Wildman–Crippen LogP) is 1.03. The van der Waals surface area contributed by atoms with Crippen molar-refractivity contribution in [3.05, 3.63) is 0 Å². The van der Waals surface area contributed by atoms with Gasteiger partial charge in [-0.15, -0.1) is 0 Å². The maximum atomic E-state index is 11.8. The highest BCUT2D eigenvalue weighted by molar-refractivity contribution is 5.80. The van der Waals surface area contributed by atoms with Gasteiger partial charge in [-0.05, 0) is 24.7 Å². The maximum absolute atomic E-state index is 11.8.